The van der Waals surface area contributed by atoms with Crippen LogP contribution in [0.15, 0.2) is 18.2 Å². The maximum Gasteiger partial charge on any atom is 0.251 e. The molecular weight excluding hydrogens is 296 g/mol. The lowest BCUT2D eigenvalue weighted by Gasteiger charge is -2.19. The number of halogens is 1. The molecule has 1 amide bonds. The summed E-state index contributed by atoms with van der Waals surface area (Å²) >= 11 is 0. The first-order chi connectivity index (χ1) is 9.74. The highest BCUT2D eigenvalue weighted by molar-refractivity contribution is 5.94. The van der Waals surface area contributed by atoms with E-state index in [0.717, 1.165) is 6.54 Å². The molecule has 0 aliphatic carbocycles. The predicted octanol–water partition coefficient (Wildman–Crippen LogP) is 0.190. The van der Waals surface area contributed by atoms with E-state index >= 15 is 0 Å². The van der Waals surface area contributed by atoms with Crippen LogP contribution in [0.25, 0.3) is 0 Å². The number of benzene rings is 1. The minimum Gasteiger partial charge on any atom is -0.486 e. The second-order valence-corrected chi connectivity index (χ2v) is 5.05. The Labute approximate surface area is 129 Å². The van der Waals surface area contributed by atoms with E-state index in [9.17, 15) is 9.90 Å². The highest BCUT2D eigenvalue weighted by Gasteiger charge is 2.25. The van der Waals surface area contributed by atoms with Gasteiger partial charge in [0.15, 0.2) is 11.5 Å². The average molecular weight is 315 g/mol. The maximum atomic E-state index is 12.1. The van der Waals surface area contributed by atoms with Crippen LogP contribution in [0, 0.1) is 5.92 Å². The number of β-amino-alcohol motifs (C(OH)–C–C–N with tert-alkyl or cyclic N) is 1. The van der Waals surface area contributed by atoms with Gasteiger partial charge in [-0.1, -0.05) is 0 Å². The molecule has 2 atom stereocenters. The SMILES string of the molecule is Cl.O=C(NCC1CNCC1O)c1ccc2c(c1)OCCO2. The van der Waals surface area contributed by atoms with E-state index in [2.05, 4.69) is 10.6 Å². The lowest BCUT2D eigenvalue weighted by atomic mass is 10.1. The maximum absolute atomic E-state index is 12.1. The summed E-state index contributed by atoms with van der Waals surface area (Å²) < 4.78 is 10.9. The Morgan fingerprint density at radius 3 is 2.76 bits per heavy atom. The number of carbonyl (C=O) groups excluding carboxylic acids is 1. The molecule has 2 unspecified atom stereocenters. The highest BCUT2D eigenvalue weighted by Crippen LogP contribution is 2.30. The predicted molar refractivity (Wildman–Crippen MR) is 79.4 cm³/mol. The summed E-state index contributed by atoms with van der Waals surface area (Å²) in [6.45, 7) is 2.80. The van der Waals surface area contributed by atoms with Gasteiger partial charge in [-0.05, 0) is 18.2 Å². The van der Waals surface area contributed by atoms with Gasteiger partial charge in [-0.15, -0.1) is 12.4 Å². The van der Waals surface area contributed by atoms with E-state index in [1.165, 1.54) is 0 Å². The Morgan fingerprint density at radius 2 is 2.05 bits per heavy atom. The average Bonchev–Trinajstić information content (AvgIpc) is 2.89. The second-order valence-electron chi connectivity index (χ2n) is 5.05. The Kier molecular flexibility index (Phi) is 5.27. The molecule has 116 valence electrons. The molecule has 2 heterocycles. The number of ether oxygens (including phenoxy) is 2. The number of hydrogen-bond donors (Lipinski definition) is 3. The molecule has 0 aromatic heterocycles. The van der Waals surface area contributed by atoms with Gasteiger partial charge in [-0.2, -0.15) is 0 Å². The van der Waals surface area contributed by atoms with Crippen molar-refractivity contribution in [2.24, 2.45) is 5.92 Å². The van der Waals surface area contributed by atoms with Gasteiger partial charge >= 0.3 is 0 Å². The summed E-state index contributed by atoms with van der Waals surface area (Å²) in [5.74, 6) is 1.17. The van der Waals surface area contributed by atoms with Gasteiger partial charge in [0.1, 0.15) is 13.2 Å². The van der Waals surface area contributed by atoms with Crippen molar-refractivity contribution < 1.29 is 19.4 Å². The number of carbonyl (C=O) groups is 1. The van der Waals surface area contributed by atoms with Crippen LogP contribution in [-0.4, -0.2) is 50.0 Å². The lowest BCUT2D eigenvalue weighted by molar-refractivity contribution is 0.0926. The molecule has 0 saturated carbocycles. The van der Waals surface area contributed by atoms with E-state index in [1.54, 1.807) is 18.2 Å². The van der Waals surface area contributed by atoms with Gasteiger partial charge in [0, 0.05) is 31.1 Å². The van der Waals surface area contributed by atoms with Crippen LogP contribution in [-0.2, 0) is 0 Å². The van der Waals surface area contributed by atoms with Crippen LogP contribution in [0.2, 0.25) is 0 Å². The normalized spacial score (nSPS) is 23.3. The topological polar surface area (TPSA) is 79.8 Å². The van der Waals surface area contributed by atoms with Crippen molar-refractivity contribution in [3.63, 3.8) is 0 Å². The molecule has 1 aromatic carbocycles. The number of fused-ring (bicyclic) bond motifs is 1. The van der Waals surface area contributed by atoms with Crippen LogP contribution in [0.5, 0.6) is 11.5 Å². The zero-order valence-electron chi connectivity index (χ0n) is 11.5. The summed E-state index contributed by atoms with van der Waals surface area (Å²) in [5.41, 5.74) is 0.537. The van der Waals surface area contributed by atoms with E-state index in [1.807, 2.05) is 0 Å². The first kappa shape index (κ1) is 15.9. The van der Waals surface area contributed by atoms with Gasteiger partial charge in [0.25, 0.3) is 5.91 Å². The molecule has 2 aliphatic heterocycles. The molecule has 3 rings (SSSR count). The molecule has 2 aliphatic rings. The minimum absolute atomic E-state index is 0. The van der Waals surface area contributed by atoms with Crippen molar-refractivity contribution in [2.45, 2.75) is 6.10 Å². The van der Waals surface area contributed by atoms with Crippen LogP contribution in [0.4, 0.5) is 0 Å². The molecule has 0 bridgehead atoms. The van der Waals surface area contributed by atoms with E-state index in [4.69, 9.17) is 9.47 Å². The van der Waals surface area contributed by atoms with Crippen molar-refractivity contribution in [2.75, 3.05) is 32.8 Å². The second kappa shape index (κ2) is 6.98. The number of aliphatic hydroxyl groups excluding tert-OH is 1. The first-order valence-corrected chi connectivity index (χ1v) is 6.80. The zero-order valence-corrected chi connectivity index (χ0v) is 12.3. The molecule has 1 fully saturated rings. The van der Waals surface area contributed by atoms with Crippen molar-refractivity contribution >= 4 is 18.3 Å². The van der Waals surface area contributed by atoms with E-state index in [0.29, 0.717) is 43.4 Å². The monoisotopic (exact) mass is 314 g/mol. The molecule has 1 aromatic rings. The standard InChI is InChI=1S/C14H18N2O4.ClH/c17-11-8-15-6-10(11)7-16-14(18)9-1-2-12-13(5-9)20-4-3-19-12;/h1-2,5,10-11,15,17H,3-4,6-8H2,(H,16,18);1H. The van der Waals surface area contributed by atoms with Crippen molar-refractivity contribution in [3.05, 3.63) is 23.8 Å². The number of amides is 1. The minimum atomic E-state index is -0.393. The Hall–Kier alpha value is -1.50. The Morgan fingerprint density at radius 1 is 1.29 bits per heavy atom. The number of aliphatic hydroxyl groups is 1. The molecule has 21 heavy (non-hydrogen) atoms. The third-order valence-corrected chi connectivity index (χ3v) is 3.63. The Bertz CT molecular complexity index is 512. The lowest BCUT2D eigenvalue weighted by Crippen LogP contribution is -2.34. The van der Waals surface area contributed by atoms with E-state index < -0.39 is 6.10 Å². The largest absolute Gasteiger partial charge is 0.486 e. The number of rotatable bonds is 3. The number of nitrogens with one attached hydrogen (secondary N) is 2. The van der Waals surface area contributed by atoms with E-state index in [-0.39, 0.29) is 24.2 Å². The third-order valence-electron chi connectivity index (χ3n) is 3.63. The quantitative estimate of drug-likeness (QED) is 0.742. The van der Waals surface area contributed by atoms with Gasteiger partial charge in [-0.25, -0.2) is 0 Å². The molecule has 7 heteroatoms. The first-order valence-electron chi connectivity index (χ1n) is 6.80. The molecule has 0 radical (unpaired) electrons. The zero-order chi connectivity index (χ0) is 13.9. The molecule has 0 spiro atoms. The van der Waals surface area contributed by atoms with Crippen molar-refractivity contribution in [1.82, 2.24) is 10.6 Å². The smallest absolute Gasteiger partial charge is 0.251 e. The van der Waals surface area contributed by atoms with Crippen molar-refractivity contribution in [3.8, 4) is 11.5 Å². The van der Waals surface area contributed by atoms with Gasteiger partial charge < -0.3 is 25.2 Å². The summed E-state index contributed by atoms with van der Waals surface area (Å²) in [7, 11) is 0. The summed E-state index contributed by atoms with van der Waals surface area (Å²) in [4.78, 5) is 12.1. The summed E-state index contributed by atoms with van der Waals surface area (Å²) in [5, 5.41) is 15.6. The molecule has 1 saturated heterocycles. The third kappa shape index (κ3) is 3.58. The van der Waals surface area contributed by atoms with Gasteiger partial charge in [-0.3, -0.25) is 4.79 Å². The van der Waals surface area contributed by atoms with Crippen LogP contribution >= 0.6 is 12.4 Å². The molecular formula is C14H19ClN2O4. The van der Waals surface area contributed by atoms with Gasteiger partial charge in [0.05, 0.1) is 6.10 Å². The van der Waals surface area contributed by atoms with Gasteiger partial charge in [0.2, 0.25) is 0 Å². The summed E-state index contributed by atoms with van der Waals surface area (Å²) in [6.07, 6.45) is -0.393. The van der Waals surface area contributed by atoms with Crippen LogP contribution in [0.3, 0.4) is 0 Å². The summed E-state index contributed by atoms with van der Waals surface area (Å²) in [6, 6.07) is 5.15. The highest BCUT2D eigenvalue weighted by atomic mass is 35.5. The molecule has 6 nitrogen and oxygen atoms in total. The fraction of sp³-hybridized carbons (Fsp3) is 0.500. The van der Waals surface area contributed by atoms with Crippen LogP contribution in [0.1, 0.15) is 10.4 Å². The Balaban J connectivity index is 0.00000161. The van der Waals surface area contributed by atoms with Crippen LogP contribution < -0.4 is 20.1 Å². The molecule has 3 N–H and O–H groups in total. The number of hydrogen-bond acceptors (Lipinski definition) is 5. The fourth-order valence-electron chi connectivity index (χ4n) is 2.44. The van der Waals surface area contributed by atoms with Crippen molar-refractivity contribution in [1.29, 1.82) is 0 Å². The fourth-order valence-corrected chi connectivity index (χ4v) is 2.44.